The maximum absolute atomic E-state index is 10.4. The molecule has 0 N–H and O–H groups in total. The highest BCUT2D eigenvalue weighted by molar-refractivity contribution is 9.10. The summed E-state index contributed by atoms with van der Waals surface area (Å²) in [6, 6.07) is 1.76. The van der Waals surface area contributed by atoms with E-state index in [0.717, 1.165) is 10.0 Å². The summed E-state index contributed by atoms with van der Waals surface area (Å²) < 4.78 is 21.6. The zero-order valence-corrected chi connectivity index (χ0v) is 8.93. The molecule has 0 saturated heterocycles. The van der Waals surface area contributed by atoms with Gasteiger partial charge in [-0.15, -0.1) is 0 Å². The van der Waals surface area contributed by atoms with Crippen LogP contribution in [0.1, 0.15) is 11.3 Å². The highest BCUT2D eigenvalue weighted by Crippen LogP contribution is 2.14. The molecule has 0 atom stereocenters. The Balaban J connectivity index is 2.97. The summed E-state index contributed by atoms with van der Waals surface area (Å²) >= 11 is 3.28. The first-order chi connectivity index (χ1) is 5.59. The van der Waals surface area contributed by atoms with Gasteiger partial charge in [-0.25, -0.2) is 8.42 Å². The third-order valence-electron chi connectivity index (χ3n) is 1.39. The second kappa shape index (κ2) is 4.00. The van der Waals surface area contributed by atoms with Gasteiger partial charge >= 0.3 is 0 Å². The van der Waals surface area contributed by atoms with E-state index in [1.54, 1.807) is 12.3 Å². The van der Waals surface area contributed by atoms with Gasteiger partial charge in [0.25, 0.3) is 0 Å². The van der Waals surface area contributed by atoms with Crippen molar-refractivity contribution in [3.8, 4) is 0 Å². The van der Waals surface area contributed by atoms with Crippen molar-refractivity contribution in [2.24, 2.45) is 0 Å². The zero-order chi connectivity index (χ0) is 9.14. The van der Waals surface area contributed by atoms with E-state index < -0.39 is 10.7 Å². The minimum atomic E-state index is -2.38. The summed E-state index contributed by atoms with van der Waals surface area (Å²) in [5, 5.41) is 0. The van der Waals surface area contributed by atoms with Crippen molar-refractivity contribution < 1.29 is 8.42 Å². The van der Waals surface area contributed by atoms with Gasteiger partial charge < -0.3 is 0 Å². The van der Waals surface area contributed by atoms with Crippen LogP contribution < -0.4 is 0 Å². The lowest BCUT2D eigenvalue weighted by Gasteiger charge is -1.98. The molecule has 0 radical (unpaired) electrons. The molecule has 0 aliphatic heterocycles. The van der Waals surface area contributed by atoms with E-state index in [4.69, 9.17) is 0 Å². The van der Waals surface area contributed by atoms with E-state index in [1.165, 1.54) is 0 Å². The van der Waals surface area contributed by atoms with Gasteiger partial charge in [-0.1, -0.05) is 0 Å². The molecular formula is C7H8BrNO2S. The Morgan fingerprint density at radius 2 is 2.25 bits per heavy atom. The van der Waals surface area contributed by atoms with E-state index in [1.807, 2.05) is 6.92 Å². The molecule has 1 aromatic rings. The standard InChI is InChI=1S/C7H8BrNO2S/c1-5-2-6(4-12(10)11)9-3-7(5)8/h2-3,12H,4H2,1H3. The summed E-state index contributed by atoms with van der Waals surface area (Å²) in [5.74, 6) is 0.0173. The fourth-order valence-corrected chi connectivity index (χ4v) is 1.47. The molecule has 5 heteroatoms. The molecule has 0 amide bonds. The first-order valence-electron chi connectivity index (χ1n) is 3.32. The lowest BCUT2D eigenvalue weighted by atomic mass is 10.2. The number of thiol groups is 1. The van der Waals surface area contributed by atoms with Crippen LogP contribution in [-0.4, -0.2) is 13.4 Å². The second-order valence-electron chi connectivity index (χ2n) is 2.42. The normalized spacial score (nSPS) is 10.6. The molecule has 0 aliphatic carbocycles. The molecule has 0 aliphatic rings. The third-order valence-corrected chi connectivity index (χ3v) is 2.81. The molecule has 1 heterocycles. The van der Waals surface area contributed by atoms with Crippen LogP contribution in [0.2, 0.25) is 0 Å². The highest BCUT2D eigenvalue weighted by Gasteiger charge is 1.99. The Labute approximate surface area is 80.9 Å². The van der Waals surface area contributed by atoms with Gasteiger partial charge in [0, 0.05) is 10.7 Å². The van der Waals surface area contributed by atoms with Crippen molar-refractivity contribution in [2.45, 2.75) is 12.7 Å². The molecule has 0 spiro atoms. The maximum Gasteiger partial charge on any atom is 0.145 e. The fraction of sp³-hybridized carbons (Fsp3) is 0.286. The predicted molar refractivity (Wildman–Crippen MR) is 50.7 cm³/mol. The van der Waals surface area contributed by atoms with Crippen LogP contribution in [0.15, 0.2) is 16.7 Å². The van der Waals surface area contributed by atoms with Crippen LogP contribution in [0, 0.1) is 6.92 Å². The summed E-state index contributed by atoms with van der Waals surface area (Å²) in [5.41, 5.74) is 1.59. The van der Waals surface area contributed by atoms with Crippen LogP contribution in [0.25, 0.3) is 0 Å². The Morgan fingerprint density at radius 3 is 2.75 bits per heavy atom. The topological polar surface area (TPSA) is 47.0 Å². The summed E-state index contributed by atoms with van der Waals surface area (Å²) in [6.07, 6.45) is 1.61. The van der Waals surface area contributed by atoms with Crippen molar-refractivity contribution in [1.82, 2.24) is 4.98 Å². The quantitative estimate of drug-likeness (QED) is 0.804. The monoisotopic (exact) mass is 249 g/mol. The van der Waals surface area contributed by atoms with Crippen LogP contribution in [0.4, 0.5) is 0 Å². The third kappa shape index (κ3) is 2.57. The van der Waals surface area contributed by atoms with Gasteiger partial charge in [-0.3, -0.25) is 4.98 Å². The van der Waals surface area contributed by atoms with E-state index in [0.29, 0.717) is 5.69 Å². The number of nitrogens with zero attached hydrogens (tertiary/aromatic N) is 1. The number of aryl methyl sites for hydroxylation is 1. The average molecular weight is 250 g/mol. The minimum absolute atomic E-state index is 0.0173. The Morgan fingerprint density at radius 1 is 1.58 bits per heavy atom. The summed E-state index contributed by atoms with van der Waals surface area (Å²) in [6.45, 7) is 1.90. The van der Waals surface area contributed by atoms with Gasteiger partial charge in [-0.05, 0) is 34.5 Å². The first kappa shape index (κ1) is 9.67. The largest absolute Gasteiger partial charge is 0.259 e. The molecule has 1 aromatic heterocycles. The molecule has 0 aromatic carbocycles. The number of pyridine rings is 1. The van der Waals surface area contributed by atoms with Crippen molar-refractivity contribution in [3.05, 3.63) is 28.0 Å². The highest BCUT2D eigenvalue weighted by atomic mass is 79.9. The van der Waals surface area contributed by atoms with Crippen molar-refractivity contribution >= 4 is 26.6 Å². The van der Waals surface area contributed by atoms with Gasteiger partial charge in [0.15, 0.2) is 0 Å². The molecule has 1 rings (SSSR count). The molecule has 12 heavy (non-hydrogen) atoms. The predicted octanol–water partition coefficient (Wildman–Crippen LogP) is 1.26. The number of hydrogen-bond donors (Lipinski definition) is 1. The number of rotatable bonds is 2. The average Bonchev–Trinajstić information content (AvgIpc) is 1.96. The summed E-state index contributed by atoms with van der Waals surface area (Å²) in [4.78, 5) is 3.95. The Bertz CT molecular complexity index is 354. The SMILES string of the molecule is Cc1cc(C[SH](=O)=O)ncc1Br. The number of hydrogen-bond acceptors (Lipinski definition) is 3. The molecule has 66 valence electrons. The second-order valence-corrected chi connectivity index (χ2v) is 4.25. The number of aromatic nitrogens is 1. The van der Waals surface area contributed by atoms with E-state index >= 15 is 0 Å². The molecule has 0 unspecified atom stereocenters. The minimum Gasteiger partial charge on any atom is -0.259 e. The maximum atomic E-state index is 10.4. The molecule has 0 saturated carbocycles. The summed E-state index contributed by atoms with van der Waals surface area (Å²) in [7, 11) is -2.38. The molecule has 3 nitrogen and oxygen atoms in total. The van der Waals surface area contributed by atoms with Crippen LogP contribution in [0.3, 0.4) is 0 Å². The molecule has 0 fully saturated rings. The van der Waals surface area contributed by atoms with Crippen molar-refractivity contribution in [1.29, 1.82) is 0 Å². The fourth-order valence-electron chi connectivity index (χ4n) is 0.816. The van der Waals surface area contributed by atoms with Crippen LogP contribution >= 0.6 is 15.9 Å². The lowest BCUT2D eigenvalue weighted by molar-refractivity contribution is 0.613. The smallest absolute Gasteiger partial charge is 0.145 e. The zero-order valence-electron chi connectivity index (χ0n) is 6.45. The van der Waals surface area contributed by atoms with Crippen LogP contribution in [-0.2, 0) is 16.5 Å². The van der Waals surface area contributed by atoms with Gasteiger partial charge in [-0.2, -0.15) is 0 Å². The molecule has 0 bridgehead atoms. The Hall–Kier alpha value is -0.420. The van der Waals surface area contributed by atoms with E-state index in [-0.39, 0.29) is 5.75 Å². The van der Waals surface area contributed by atoms with Gasteiger partial charge in [0.1, 0.15) is 10.7 Å². The Kier molecular flexibility index (Phi) is 3.22. The lowest BCUT2D eigenvalue weighted by Crippen LogP contribution is -1.92. The van der Waals surface area contributed by atoms with Crippen molar-refractivity contribution in [3.63, 3.8) is 0 Å². The van der Waals surface area contributed by atoms with E-state index in [2.05, 4.69) is 20.9 Å². The van der Waals surface area contributed by atoms with E-state index in [9.17, 15) is 8.42 Å². The molecular weight excluding hydrogens is 242 g/mol. The van der Waals surface area contributed by atoms with Crippen LogP contribution in [0.5, 0.6) is 0 Å². The van der Waals surface area contributed by atoms with Gasteiger partial charge in [0.2, 0.25) is 0 Å². The van der Waals surface area contributed by atoms with Crippen molar-refractivity contribution in [2.75, 3.05) is 0 Å². The number of halogens is 1. The first-order valence-corrected chi connectivity index (χ1v) is 5.48. The van der Waals surface area contributed by atoms with Gasteiger partial charge in [0.05, 0.1) is 11.4 Å².